The lowest BCUT2D eigenvalue weighted by Crippen LogP contribution is -2.59. The van der Waals surface area contributed by atoms with E-state index in [2.05, 4.69) is 4.90 Å². The fourth-order valence-corrected chi connectivity index (χ4v) is 3.77. The van der Waals surface area contributed by atoms with Crippen LogP contribution in [0.4, 0.5) is 0 Å². The summed E-state index contributed by atoms with van der Waals surface area (Å²) in [7, 11) is 0. The van der Waals surface area contributed by atoms with Crippen LogP contribution < -0.4 is 0 Å². The third-order valence-electron chi connectivity index (χ3n) is 5.16. The van der Waals surface area contributed by atoms with Crippen LogP contribution in [-0.4, -0.2) is 83.0 Å². The Hall–Kier alpha value is -1.92. The highest BCUT2D eigenvalue weighted by Gasteiger charge is 2.34. The summed E-state index contributed by atoms with van der Waals surface area (Å²) in [5, 5.41) is 9.75. The predicted octanol–water partition coefficient (Wildman–Crippen LogP) is 0.355. The number of likely N-dealkylation sites (tertiary alicyclic amines) is 1. The van der Waals surface area contributed by atoms with Crippen molar-refractivity contribution in [3.05, 3.63) is 35.9 Å². The number of hydrogen-bond acceptors (Lipinski definition) is 4. The number of carbonyl (C=O) groups excluding carboxylic acids is 2. The van der Waals surface area contributed by atoms with Gasteiger partial charge in [-0.2, -0.15) is 0 Å². The van der Waals surface area contributed by atoms with Gasteiger partial charge in [-0.3, -0.25) is 14.5 Å². The van der Waals surface area contributed by atoms with Gasteiger partial charge in [-0.25, -0.2) is 0 Å². The average Bonchev–Trinajstić information content (AvgIpc) is 3.00. The Morgan fingerprint density at radius 1 is 1.12 bits per heavy atom. The van der Waals surface area contributed by atoms with Crippen molar-refractivity contribution in [3.8, 4) is 0 Å². The number of hydrogen-bond donors (Lipinski definition) is 1. The highest BCUT2D eigenvalue weighted by atomic mass is 16.3. The molecule has 0 radical (unpaired) electrons. The van der Waals surface area contributed by atoms with Crippen LogP contribution in [0.25, 0.3) is 0 Å². The SMILES string of the molecule is CC(=O)N1CCN(C(=O)Cc2ccccc2)[C@H](CN2CC[C@@H](O)C2)C1. The van der Waals surface area contributed by atoms with Crippen LogP contribution in [0.5, 0.6) is 0 Å². The summed E-state index contributed by atoms with van der Waals surface area (Å²) in [4.78, 5) is 30.6. The fourth-order valence-electron chi connectivity index (χ4n) is 3.77. The molecule has 2 atom stereocenters. The van der Waals surface area contributed by atoms with E-state index >= 15 is 0 Å². The first-order valence-corrected chi connectivity index (χ1v) is 9.02. The van der Waals surface area contributed by atoms with Crippen LogP contribution in [0.1, 0.15) is 18.9 Å². The topological polar surface area (TPSA) is 64.1 Å². The molecule has 2 amide bonds. The Morgan fingerprint density at radius 3 is 2.52 bits per heavy atom. The molecule has 2 aliphatic heterocycles. The maximum atomic E-state index is 12.8. The molecule has 0 saturated carbocycles. The lowest BCUT2D eigenvalue weighted by molar-refractivity contribution is -0.142. The first-order chi connectivity index (χ1) is 12.0. The second-order valence-corrected chi connectivity index (χ2v) is 7.07. The zero-order valence-electron chi connectivity index (χ0n) is 14.8. The van der Waals surface area contributed by atoms with Crippen LogP contribution in [-0.2, 0) is 16.0 Å². The zero-order valence-corrected chi connectivity index (χ0v) is 14.8. The Bertz CT molecular complexity index is 607. The summed E-state index contributed by atoms with van der Waals surface area (Å²) in [5.41, 5.74) is 1.01. The lowest BCUT2D eigenvalue weighted by Gasteiger charge is -2.42. The number of carbonyl (C=O) groups is 2. The molecule has 6 heteroatoms. The second-order valence-electron chi connectivity index (χ2n) is 7.07. The van der Waals surface area contributed by atoms with Gasteiger partial charge in [0, 0.05) is 46.2 Å². The zero-order chi connectivity index (χ0) is 17.8. The molecule has 0 spiro atoms. The maximum Gasteiger partial charge on any atom is 0.227 e. The molecule has 3 rings (SSSR count). The van der Waals surface area contributed by atoms with Crippen molar-refractivity contribution in [1.82, 2.24) is 14.7 Å². The average molecular weight is 345 g/mol. The molecule has 25 heavy (non-hydrogen) atoms. The van der Waals surface area contributed by atoms with Crippen molar-refractivity contribution in [2.75, 3.05) is 39.3 Å². The van der Waals surface area contributed by atoms with E-state index in [-0.39, 0.29) is 24.0 Å². The summed E-state index contributed by atoms with van der Waals surface area (Å²) in [6.45, 7) is 5.53. The van der Waals surface area contributed by atoms with Gasteiger partial charge in [-0.05, 0) is 12.0 Å². The maximum absolute atomic E-state index is 12.8. The molecule has 136 valence electrons. The van der Waals surface area contributed by atoms with E-state index in [0.717, 1.165) is 18.5 Å². The fraction of sp³-hybridized carbons (Fsp3) is 0.579. The Morgan fingerprint density at radius 2 is 1.88 bits per heavy atom. The molecule has 2 fully saturated rings. The van der Waals surface area contributed by atoms with Crippen molar-refractivity contribution in [3.63, 3.8) is 0 Å². The summed E-state index contributed by atoms with van der Waals surface area (Å²) < 4.78 is 0. The molecule has 1 aromatic carbocycles. The molecule has 2 saturated heterocycles. The van der Waals surface area contributed by atoms with Gasteiger partial charge >= 0.3 is 0 Å². The Kier molecular flexibility index (Phi) is 5.71. The van der Waals surface area contributed by atoms with E-state index in [9.17, 15) is 14.7 Å². The van der Waals surface area contributed by atoms with Gasteiger partial charge in [-0.1, -0.05) is 30.3 Å². The molecule has 0 bridgehead atoms. The molecule has 0 unspecified atom stereocenters. The monoisotopic (exact) mass is 345 g/mol. The number of aliphatic hydroxyl groups is 1. The largest absolute Gasteiger partial charge is 0.392 e. The summed E-state index contributed by atoms with van der Waals surface area (Å²) in [5.74, 6) is 0.167. The number of aliphatic hydroxyl groups excluding tert-OH is 1. The van der Waals surface area contributed by atoms with Crippen LogP contribution in [0.3, 0.4) is 0 Å². The normalized spacial score (nSPS) is 24.6. The molecule has 1 N–H and O–H groups in total. The van der Waals surface area contributed by atoms with E-state index in [1.165, 1.54) is 0 Å². The van der Waals surface area contributed by atoms with E-state index < -0.39 is 0 Å². The van der Waals surface area contributed by atoms with Gasteiger partial charge in [0.15, 0.2) is 0 Å². The number of β-amino-alcohol motifs (C(OH)–C–C–N with tert-alkyl or cyclic N) is 1. The van der Waals surface area contributed by atoms with Crippen molar-refractivity contribution in [2.24, 2.45) is 0 Å². The van der Waals surface area contributed by atoms with E-state index in [4.69, 9.17) is 0 Å². The van der Waals surface area contributed by atoms with Crippen LogP contribution >= 0.6 is 0 Å². The van der Waals surface area contributed by atoms with Crippen LogP contribution in [0.15, 0.2) is 30.3 Å². The summed E-state index contributed by atoms with van der Waals surface area (Å²) in [6.07, 6.45) is 0.891. The van der Waals surface area contributed by atoms with Gasteiger partial charge in [0.2, 0.25) is 11.8 Å². The second kappa shape index (κ2) is 7.97. The van der Waals surface area contributed by atoms with Gasteiger partial charge in [0.25, 0.3) is 0 Å². The minimum atomic E-state index is -0.277. The summed E-state index contributed by atoms with van der Waals surface area (Å²) in [6, 6.07) is 9.75. The molecule has 0 aliphatic carbocycles. The molecule has 2 heterocycles. The first-order valence-electron chi connectivity index (χ1n) is 9.02. The molecule has 2 aliphatic rings. The third kappa shape index (κ3) is 4.58. The molecule has 1 aromatic rings. The molecule has 0 aromatic heterocycles. The first kappa shape index (κ1) is 17.9. The van der Waals surface area contributed by atoms with Crippen molar-refractivity contribution in [1.29, 1.82) is 0 Å². The molecular formula is C19H27N3O3. The smallest absolute Gasteiger partial charge is 0.227 e. The van der Waals surface area contributed by atoms with Crippen molar-refractivity contribution >= 4 is 11.8 Å². The van der Waals surface area contributed by atoms with Gasteiger partial charge in [0.1, 0.15) is 0 Å². The highest BCUT2D eigenvalue weighted by Crippen LogP contribution is 2.17. The minimum Gasteiger partial charge on any atom is -0.392 e. The molecule has 6 nitrogen and oxygen atoms in total. The van der Waals surface area contributed by atoms with Gasteiger partial charge in [0.05, 0.1) is 18.6 Å². The quantitative estimate of drug-likeness (QED) is 0.856. The molecular weight excluding hydrogens is 318 g/mol. The number of benzene rings is 1. The highest BCUT2D eigenvalue weighted by molar-refractivity contribution is 5.80. The lowest BCUT2D eigenvalue weighted by atomic mass is 10.1. The van der Waals surface area contributed by atoms with E-state index in [1.54, 1.807) is 6.92 Å². The van der Waals surface area contributed by atoms with Crippen molar-refractivity contribution in [2.45, 2.75) is 31.9 Å². The minimum absolute atomic E-state index is 0.0147. The number of rotatable bonds is 4. The summed E-state index contributed by atoms with van der Waals surface area (Å²) >= 11 is 0. The van der Waals surface area contributed by atoms with Gasteiger partial charge in [-0.15, -0.1) is 0 Å². The van der Waals surface area contributed by atoms with Crippen LogP contribution in [0.2, 0.25) is 0 Å². The third-order valence-corrected chi connectivity index (χ3v) is 5.16. The number of nitrogens with zero attached hydrogens (tertiary/aromatic N) is 3. The number of piperazine rings is 1. The van der Waals surface area contributed by atoms with Gasteiger partial charge < -0.3 is 14.9 Å². The standard InChI is InChI=1S/C19H27N3O3/c1-15(23)21-9-10-22(19(25)11-16-5-3-2-4-6-16)17(13-21)12-20-8-7-18(24)14-20/h2-6,17-18,24H,7-14H2,1H3/t17-,18-/m1/s1. The van der Waals surface area contributed by atoms with E-state index in [1.807, 2.05) is 40.1 Å². The predicted molar refractivity (Wildman–Crippen MR) is 95.0 cm³/mol. The van der Waals surface area contributed by atoms with E-state index in [0.29, 0.717) is 39.1 Å². The Balaban J connectivity index is 1.68. The Labute approximate surface area is 149 Å². The van der Waals surface area contributed by atoms with Crippen molar-refractivity contribution < 1.29 is 14.7 Å². The van der Waals surface area contributed by atoms with Crippen LogP contribution in [0, 0.1) is 0 Å². The number of amides is 2.